The van der Waals surface area contributed by atoms with Crippen LogP contribution in [0.5, 0.6) is 11.5 Å². The Bertz CT molecular complexity index is 551. The predicted octanol–water partition coefficient (Wildman–Crippen LogP) is 2.02. The highest BCUT2D eigenvalue weighted by atomic mass is 16.5. The first-order valence-corrected chi connectivity index (χ1v) is 5.88. The van der Waals surface area contributed by atoms with Gasteiger partial charge in [-0.3, -0.25) is 0 Å². The smallest absolute Gasteiger partial charge is 0.253 e. The average molecular weight is 264 g/mol. The molecule has 0 spiro atoms. The van der Waals surface area contributed by atoms with Crippen LogP contribution in [-0.2, 0) is 6.61 Å². The molecule has 0 aliphatic heterocycles. The van der Waals surface area contributed by atoms with E-state index in [0.29, 0.717) is 23.3 Å². The standard InChI is InChI=1S/C13H16N2O4/c1-8(16)10-4-5-11(12(6-10)17-3)18-7-13-15-14-9(2)19-13/h4-6,8,16H,7H2,1-3H3. The summed E-state index contributed by atoms with van der Waals surface area (Å²) in [6.45, 7) is 3.58. The molecule has 1 aromatic heterocycles. The second-order valence-electron chi connectivity index (χ2n) is 4.09. The maximum absolute atomic E-state index is 9.52. The van der Waals surface area contributed by atoms with Gasteiger partial charge in [0.15, 0.2) is 18.1 Å². The van der Waals surface area contributed by atoms with Crippen molar-refractivity contribution in [2.45, 2.75) is 26.6 Å². The minimum atomic E-state index is -0.554. The fourth-order valence-corrected chi connectivity index (χ4v) is 1.60. The molecule has 0 bridgehead atoms. The fraction of sp³-hybridized carbons (Fsp3) is 0.385. The molecular formula is C13H16N2O4. The van der Waals surface area contributed by atoms with Gasteiger partial charge in [0.05, 0.1) is 13.2 Å². The van der Waals surface area contributed by atoms with Crippen LogP contribution >= 0.6 is 0 Å². The predicted molar refractivity (Wildman–Crippen MR) is 67.0 cm³/mol. The van der Waals surface area contributed by atoms with E-state index < -0.39 is 6.10 Å². The first-order valence-electron chi connectivity index (χ1n) is 5.88. The molecule has 6 nitrogen and oxygen atoms in total. The topological polar surface area (TPSA) is 77.6 Å². The summed E-state index contributed by atoms with van der Waals surface area (Å²) >= 11 is 0. The van der Waals surface area contributed by atoms with E-state index in [9.17, 15) is 5.11 Å². The van der Waals surface area contributed by atoms with Crippen molar-refractivity contribution in [2.24, 2.45) is 0 Å². The van der Waals surface area contributed by atoms with Gasteiger partial charge in [0.25, 0.3) is 5.89 Å². The molecular weight excluding hydrogens is 248 g/mol. The molecule has 1 aromatic carbocycles. The van der Waals surface area contributed by atoms with Crippen LogP contribution in [0.3, 0.4) is 0 Å². The van der Waals surface area contributed by atoms with Crippen LogP contribution in [0.25, 0.3) is 0 Å². The van der Waals surface area contributed by atoms with Gasteiger partial charge < -0.3 is 19.0 Å². The van der Waals surface area contributed by atoms with Gasteiger partial charge in [0.1, 0.15) is 0 Å². The number of aromatic nitrogens is 2. The Morgan fingerprint density at radius 2 is 2.11 bits per heavy atom. The van der Waals surface area contributed by atoms with Crippen molar-refractivity contribution >= 4 is 0 Å². The summed E-state index contributed by atoms with van der Waals surface area (Å²) in [5, 5.41) is 17.1. The zero-order chi connectivity index (χ0) is 13.8. The summed E-state index contributed by atoms with van der Waals surface area (Å²) in [6.07, 6.45) is -0.554. The number of benzene rings is 1. The van der Waals surface area contributed by atoms with Gasteiger partial charge >= 0.3 is 0 Å². The lowest BCUT2D eigenvalue weighted by molar-refractivity contribution is 0.198. The number of hydrogen-bond acceptors (Lipinski definition) is 6. The molecule has 19 heavy (non-hydrogen) atoms. The number of aliphatic hydroxyl groups excluding tert-OH is 1. The van der Waals surface area contributed by atoms with Gasteiger partial charge in [-0.15, -0.1) is 10.2 Å². The molecule has 0 aliphatic carbocycles. The minimum absolute atomic E-state index is 0.172. The Kier molecular flexibility index (Phi) is 4.01. The number of aryl methyl sites for hydroxylation is 1. The van der Waals surface area contributed by atoms with Gasteiger partial charge in [-0.05, 0) is 24.6 Å². The van der Waals surface area contributed by atoms with Crippen molar-refractivity contribution in [3.63, 3.8) is 0 Å². The molecule has 0 fully saturated rings. The lowest BCUT2D eigenvalue weighted by atomic mass is 10.1. The van der Waals surface area contributed by atoms with E-state index in [4.69, 9.17) is 13.9 Å². The van der Waals surface area contributed by atoms with Crippen molar-refractivity contribution in [2.75, 3.05) is 7.11 Å². The summed E-state index contributed by atoms with van der Waals surface area (Å²) in [7, 11) is 1.55. The molecule has 0 amide bonds. The first kappa shape index (κ1) is 13.4. The highest BCUT2D eigenvalue weighted by Gasteiger charge is 2.10. The second kappa shape index (κ2) is 5.71. The van der Waals surface area contributed by atoms with Crippen LogP contribution < -0.4 is 9.47 Å². The molecule has 1 atom stereocenters. The molecule has 102 valence electrons. The van der Waals surface area contributed by atoms with Crippen molar-refractivity contribution in [1.29, 1.82) is 0 Å². The van der Waals surface area contributed by atoms with Gasteiger partial charge in [-0.2, -0.15) is 0 Å². The van der Waals surface area contributed by atoms with E-state index >= 15 is 0 Å². The maximum atomic E-state index is 9.52. The summed E-state index contributed by atoms with van der Waals surface area (Å²) in [6, 6.07) is 5.25. The Labute approximate surface area is 111 Å². The van der Waals surface area contributed by atoms with E-state index in [0.717, 1.165) is 5.56 Å². The molecule has 1 heterocycles. The van der Waals surface area contributed by atoms with Crippen molar-refractivity contribution in [3.05, 3.63) is 35.5 Å². The van der Waals surface area contributed by atoms with Crippen LogP contribution in [0.1, 0.15) is 30.4 Å². The normalized spacial score (nSPS) is 12.2. The van der Waals surface area contributed by atoms with Gasteiger partial charge in [0.2, 0.25) is 5.89 Å². The zero-order valence-corrected chi connectivity index (χ0v) is 11.1. The number of aliphatic hydroxyl groups is 1. The van der Waals surface area contributed by atoms with Gasteiger partial charge in [-0.25, -0.2) is 0 Å². The van der Waals surface area contributed by atoms with Crippen LogP contribution in [0.2, 0.25) is 0 Å². The summed E-state index contributed by atoms with van der Waals surface area (Å²) < 4.78 is 16.0. The van der Waals surface area contributed by atoms with Crippen LogP contribution in [-0.4, -0.2) is 22.4 Å². The molecule has 0 saturated carbocycles. The van der Waals surface area contributed by atoms with Crippen molar-refractivity contribution in [3.8, 4) is 11.5 Å². The monoisotopic (exact) mass is 264 g/mol. The number of hydrogen-bond donors (Lipinski definition) is 1. The third kappa shape index (κ3) is 3.23. The van der Waals surface area contributed by atoms with Crippen molar-refractivity contribution in [1.82, 2.24) is 10.2 Å². The number of methoxy groups -OCH3 is 1. The first-order chi connectivity index (χ1) is 9.10. The molecule has 0 aliphatic rings. The Balaban J connectivity index is 2.11. The molecule has 1 N–H and O–H groups in total. The molecule has 6 heteroatoms. The van der Waals surface area contributed by atoms with E-state index in [-0.39, 0.29) is 6.61 Å². The average Bonchev–Trinajstić information content (AvgIpc) is 2.81. The van der Waals surface area contributed by atoms with Crippen LogP contribution in [0.4, 0.5) is 0 Å². The lowest BCUT2D eigenvalue weighted by Gasteiger charge is -2.12. The Hall–Kier alpha value is -2.08. The highest BCUT2D eigenvalue weighted by Crippen LogP contribution is 2.30. The van der Waals surface area contributed by atoms with E-state index in [1.807, 2.05) is 0 Å². The lowest BCUT2D eigenvalue weighted by Crippen LogP contribution is -1.99. The van der Waals surface area contributed by atoms with Crippen LogP contribution in [0.15, 0.2) is 22.6 Å². The van der Waals surface area contributed by atoms with Crippen molar-refractivity contribution < 1.29 is 19.0 Å². The quantitative estimate of drug-likeness (QED) is 0.890. The maximum Gasteiger partial charge on any atom is 0.253 e. The van der Waals surface area contributed by atoms with Gasteiger partial charge in [0, 0.05) is 6.92 Å². The number of rotatable bonds is 5. The minimum Gasteiger partial charge on any atom is -0.493 e. The van der Waals surface area contributed by atoms with Gasteiger partial charge in [-0.1, -0.05) is 6.07 Å². The number of nitrogens with zero attached hydrogens (tertiary/aromatic N) is 2. The molecule has 0 saturated heterocycles. The molecule has 2 rings (SSSR count). The SMILES string of the molecule is COc1cc(C(C)O)ccc1OCc1nnc(C)o1. The van der Waals surface area contributed by atoms with E-state index in [1.54, 1.807) is 39.2 Å². The molecule has 0 radical (unpaired) electrons. The zero-order valence-electron chi connectivity index (χ0n) is 11.1. The van der Waals surface area contributed by atoms with E-state index in [1.165, 1.54) is 0 Å². The molecule has 2 aromatic rings. The third-order valence-electron chi connectivity index (χ3n) is 2.59. The van der Waals surface area contributed by atoms with E-state index in [2.05, 4.69) is 10.2 Å². The fourth-order valence-electron chi connectivity index (χ4n) is 1.60. The second-order valence-corrected chi connectivity index (χ2v) is 4.09. The summed E-state index contributed by atoms with van der Waals surface area (Å²) in [5.74, 6) is 2.01. The van der Waals surface area contributed by atoms with Crippen LogP contribution in [0, 0.1) is 6.92 Å². The third-order valence-corrected chi connectivity index (χ3v) is 2.59. The number of ether oxygens (including phenoxy) is 2. The largest absolute Gasteiger partial charge is 0.493 e. The Morgan fingerprint density at radius 3 is 2.68 bits per heavy atom. The summed E-state index contributed by atoms with van der Waals surface area (Å²) in [4.78, 5) is 0. The highest BCUT2D eigenvalue weighted by molar-refractivity contribution is 5.43. The Morgan fingerprint density at radius 1 is 1.32 bits per heavy atom. The summed E-state index contributed by atoms with van der Waals surface area (Å²) in [5.41, 5.74) is 0.762. The molecule has 1 unspecified atom stereocenters.